The molecule has 3 heterocycles. The molecule has 0 radical (unpaired) electrons. The summed E-state index contributed by atoms with van der Waals surface area (Å²) in [6.45, 7) is 2.19. The average molecular weight is 277 g/mol. The van der Waals surface area contributed by atoms with Crippen LogP contribution in [-0.4, -0.2) is 22.0 Å². The van der Waals surface area contributed by atoms with Crippen LogP contribution in [0.25, 0.3) is 11.3 Å². The van der Waals surface area contributed by atoms with Gasteiger partial charge in [-0.2, -0.15) is 0 Å². The summed E-state index contributed by atoms with van der Waals surface area (Å²) in [6, 6.07) is 3.77. The Labute approximate surface area is 115 Å². The van der Waals surface area contributed by atoms with Gasteiger partial charge in [0.2, 0.25) is 0 Å². The molecule has 0 unspecified atom stereocenters. The molecule has 3 rings (SSSR count). The number of nitrogens with zero attached hydrogens (tertiary/aromatic N) is 2. The lowest BCUT2D eigenvalue weighted by atomic mass is 10.1. The Balaban J connectivity index is 2.28. The number of carbonyl (C=O) groups is 1. The predicted octanol–water partition coefficient (Wildman–Crippen LogP) is 1.41. The largest absolute Gasteiger partial charge is 0.365 e. The van der Waals surface area contributed by atoms with Crippen molar-refractivity contribution in [2.45, 2.75) is 13.1 Å². The molecule has 0 aliphatic carbocycles. The van der Waals surface area contributed by atoms with Gasteiger partial charge < -0.3 is 15.6 Å². The minimum absolute atomic E-state index is 0.410. The molecule has 5 nitrogen and oxygen atoms in total. The fourth-order valence-corrected chi connectivity index (χ4v) is 2.91. The van der Waals surface area contributed by atoms with E-state index in [1.165, 1.54) is 0 Å². The van der Waals surface area contributed by atoms with Gasteiger partial charge in [-0.1, -0.05) is 11.6 Å². The molecule has 2 aromatic heterocycles. The van der Waals surface area contributed by atoms with Crippen molar-refractivity contribution in [3.63, 3.8) is 0 Å². The molecular weight excluding hydrogens is 264 g/mol. The van der Waals surface area contributed by atoms with E-state index >= 15 is 0 Å². The molecule has 19 heavy (non-hydrogen) atoms. The van der Waals surface area contributed by atoms with Gasteiger partial charge in [-0.15, -0.1) is 0 Å². The van der Waals surface area contributed by atoms with Crippen molar-refractivity contribution in [1.29, 1.82) is 0 Å². The van der Waals surface area contributed by atoms with E-state index in [0.29, 0.717) is 17.1 Å². The van der Waals surface area contributed by atoms with Gasteiger partial charge in [0.05, 0.1) is 16.3 Å². The summed E-state index contributed by atoms with van der Waals surface area (Å²) in [5, 5.41) is 3.64. The van der Waals surface area contributed by atoms with E-state index in [1.807, 2.05) is 12.1 Å². The van der Waals surface area contributed by atoms with Gasteiger partial charge >= 0.3 is 0 Å². The smallest absolute Gasteiger partial charge is 0.252 e. The standard InChI is InChI=1S/C13H13ClN4O/c14-11-10(13(15)19)9-7-17-4-5-18(9)12(11)8-2-1-3-16-6-8/h1-3,6,17H,4-5,7H2,(H2,15,19). The van der Waals surface area contributed by atoms with Crippen molar-refractivity contribution in [2.24, 2.45) is 5.73 Å². The second kappa shape index (κ2) is 4.68. The number of halogens is 1. The van der Waals surface area contributed by atoms with Crippen molar-refractivity contribution >= 4 is 17.5 Å². The lowest BCUT2D eigenvalue weighted by Crippen LogP contribution is -2.30. The Morgan fingerprint density at radius 3 is 3.05 bits per heavy atom. The number of nitrogens with one attached hydrogen (secondary N) is 1. The maximum absolute atomic E-state index is 11.6. The van der Waals surface area contributed by atoms with Crippen LogP contribution in [0.3, 0.4) is 0 Å². The molecule has 98 valence electrons. The number of fused-ring (bicyclic) bond motifs is 1. The number of aromatic nitrogens is 2. The molecule has 1 aliphatic heterocycles. The number of pyridine rings is 1. The lowest BCUT2D eigenvalue weighted by molar-refractivity contribution is 0.0999. The number of hydrogen-bond acceptors (Lipinski definition) is 3. The predicted molar refractivity (Wildman–Crippen MR) is 72.9 cm³/mol. The third kappa shape index (κ3) is 1.91. The van der Waals surface area contributed by atoms with E-state index in [1.54, 1.807) is 12.4 Å². The van der Waals surface area contributed by atoms with Crippen LogP contribution in [0.5, 0.6) is 0 Å². The first-order valence-corrected chi connectivity index (χ1v) is 6.39. The van der Waals surface area contributed by atoms with Gasteiger partial charge in [0, 0.05) is 43.3 Å². The lowest BCUT2D eigenvalue weighted by Gasteiger charge is -2.19. The van der Waals surface area contributed by atoms with E-state index in [-0.39, 0.29) is 0 Å². The first kappa shape index (κ1) is 12.2. The Bertz CT molecular complexity index is 636. The van der Waals surface area contributed by atoms with Crippen LogP contribution in [0.4, 0.5) is 0 Å². The van der Waals surface area contributed by atoms with E-state index < -0.39 is 5.91 Å². The topological polar surface area (TPSA) is 72.9 Å². The Hall–Kier alpha value is -1.85. The molecule has 0 bridgehead atoms. The number of nitrogens with two attached hydrogens (primary N) is 1. The molecular formula is C13H13ClN4O. The van der Waals surface area contributed by atoms with E-state index in [9.17, 15) is 4.79 Å². The SMILES string of the molecule is NC(=O)c1c(Cl)c(-c2cccnc2)n2c1CNCC2. The van der Waals surface area contributed by atoms with Crippen LogP contribution in [0.1, 0.15) is 16.1 Å². The average Bonchev–Trinajstić information content (AvgIpc) is 2.71. The van der Waals surface area contributed by atoms with Gasteiger partial charge in [0.15, 0.2) is 0 Å². The maximum Gasteiger partial charge on any atom is 0.252 e. The summed E-state index contributed by atoms with van der Waals surface area (Å²) >= 11 is 6.37. The monoisotopic (exact) mass is 276 g/mol. The number of primary amides is 1. The van der Waals surface area contributed by atoms with E-state index in [0.717, 1.165) is 30.0 Å². The Kier molecular flexibility index (Phi) is 3.00. The molecule has 0 spiro atoms. The highest BCUT2D eigenvalue weighted by Gasteiger charge is 2.27. The molecule has 0 saturated carbocycles. The minimum Gasteiger partial charge on any atom is -0.365 e. The van der Waals surface area contributed by atoms with Gasteiger partial charge in [-0.25, -0.2) is 0 Å². The normalized spacial score (nSPS) is 14.2. The van der Waals surface area contributed by atoms with Crippen molar-refractivity contribution in [2.75, 3.05) is 6.54 Å². The second-order valence-corrected chi connectivity index (χ2v) is 4.80. The molecule has 3 N–H and O–H groups in total. The molecule has 0 saturated heterocycles. The molecule has 0 fully saturated rings. The van der Waals surface area contributed by atoms with Crippen molar-refractivity contribution < 1.29 is 4.79 Å². The molecule has 0 atom stereocenters. The van der Waals surface area contributed by atoms with Gasteiger partial charge in [-0.3, -0.25) is 9.78 Å². The van der Waals surface area contributed by atoms with Gasteiger partial charge in [0.25, 0.3) is 5.91 Å². The van der Waals surface area contributed by atoms with E-state index in [4.69, 9.17) is 17.3 Å². The highest BCUT2D eigenvalue weighted by Crippen LogP contribution is 2.36. The fraction of sp³-hybridized carbons (Fsp3) is 0.231. The summed E-state index contributed by atoms with van der Waals surface area (Å²) in [4.78, 5) is 15.7. The zero-order valence-electron chi connectivity index (χ0n) is 10.2. The highest BCUT2D eigenvalue weighted by atomic mass is 35.5. The van der Waals surface area contributed by atoms with Crippen molar-refractivity contribution in [1.82, 2.24) is 14.9 Å². The van der Waals surface area contributed by atoms with Crippen LogP contribution in [0.15, 0.2) is 24.5 Å². The quantitative estimate of drug-likeness (QED) is 0.871. The van der Waals surface area contributed by atoms with Gasteiger partial charge in [0.1, 0.15) is 0 Å². The van der Waals surface area contributed by atoms with Crippen LogP contribution >= 0.6 is 11.6 Å². The molecule has 1 aliphatic rings. The Morgan fingerprint density at radius 2 is 2.37 bits per heavy atom. The number of hydrogen-bond donors (Lipinski definition) is 2. The highest BCUT2D eigenvalue weighted by molar-refractivity contribution is 6.36. The minimum atomic E-state index is -0.493. The fourth-order valence-electron chi connectivity index (χ4n) is 2.50. The third-order valence-electron chi connectivity index (χ3n) is 3.30. The van der Waals surface area contributed by atoms with Crippen LogP contribution in [0, 0.1) is 0 Å². The molecule has 0 aromatic carbocycles. The maximum atomic E-state index is 11.6. The zero-order chi connectivity index (χ0) is 13.4. The zero-order valence-corrected chi connectivity index (χ0v) is 10.9. The summed E-state index contributed by atoms with van der Waals surface area (Å²) in [5.41, 5.74) is 8.42. The second-order valence-electron chi connectivity index (χ2n) is 4.42. The van der Waals surface area contributed by atoms with Crippen LogP contribution in [0.2, 0.25) is 5.02 Å². The third-order valence-corrected chi connectivity index (χ3v) is 3.67. The first-order valence-electron chi connectivity index (χ1n) is 6.02. The number of amides is 1. The summed E-state index contributed by atoms with van der Waals surface area (Å²) in [6.07, 6.45) is 3.44. The van der Waals surface area contributed by atoms with Crippen LogP contribution in [-0.2, 0) is 13.1 Å². The molecule has 1 amide bonds. The van der Waals surface area contributed by atoms with Gasteiger partial charge in [-0.05, 0) is 12.1 Å². The summed E-state index contributed by atoms with van der Waals surface area (Å²) < 4.78 is 2.05. The van der Waals surface area contributed by atoms with E-state index in [2.05, 4.69) is 14.9 Å². The summed E-state index contributed by atoms with van der Waals surface area (Å²) in [5.74, 6) is -0.493. The summed E-state index contributed by atoms with van der Waals surface area (Å²) in [7, 11) is 0. The van der Waals surface area contributed by atoms with Crippen molar-refractivity contribution in [3.05, 3.63) is 40.8 Å². The van der Waals surface area contributed by atoms with Crippen molar-refractivity contribution in [3.8, 4) is 11.3 Å². The Morgan fingerprint density at radius 1 is 1.53 bits per heavy atom. The van der Waals surface area contributed by atoms with Crippen LogP contribution < -0.4 is 11.1 Å². The number of rotatable bonds is 2. The first-order chi connectivity index (χ1) is 9.20. The number of carbonyl (C=O) groups excluding carboxylic acids is 1. The molecule has 6 heteroatoms. The molecule has 2 aromatic rings.